The van der Waals surface area contributed by atoms with E-state index in [2.05, 4.69) is 84.2 Å². The van der Waals surface area contributed by atoms with Gasteiger partial charge in [0.1, 0.15) is 17.6 Å². The van der Waals surface area contributed by atoms with Gasteiger partial charge in [0, 0.05) is 12.8 Å². The monoisotopic (exact) mass is 702 g/mol. The lowest BCUT2D eigenvalue weighted by molar-refractivity contribution is -0.311. The molecule has 0 saturated carbocycles. The van der Waals surface area contributed by atoms with Crippen molar-refractivity contribution in [1.82, 2.24) is 0 Å². The highest BCUT2D eigenvalue weighted by molar-refractivity contribution is 14.1. The number of hydrogen-bond donors (Lipinski definition) is 0. The third-order valence-electron chi connectivity index (χ3n) is 8.78. The molecule has 234 valence electrons. The van der Waals surface area contributed by atoms with E-state index in [0.29, 0.717) is 25.4 Å². The van der Waals surface area contributed by atoms with Crippen LogP contribution in [0.3, 0.4) is 0 Å². The second-order valence-corrected chi connectivity index (χ2v) is 18.9. The molecule has 0 spiro atoms. The Labute approximate surface area is 264 Å². The standard InChI is InChI=1S/C33H55IO6Si/c1-11-12-30-24(3)21-31(39-40-41(9,10)33(5,6)7)32(38-30)25(4)20-27(35)19-23(2)29(17-18-34)37-22-26-13-15-28(36-8)16-14-26/h13-18,23-25,29-32H,11-12,19-22H2,1-10H3/b18-17+/t23-,24+,25-,29+,30+,31-,32-/m0/s1. The van der Waals surface area contributed by atoms with Crippen molar-refractivity contribution >= 4 is 36.7 Å². The highest BCUT2D eigenvalue weighted by atomic mass is 127. The zero-order valence-electron chi connectivity index (χ0n) is 27.1. The maximum absolute atomic E-state index is 13.4. The predicted octanol–water partition coefficient (Wildman–Crippen LogP) is 9.07. The normalized spacial score (nSPS) is 24.3. The summed E-state index contributed by atoms with van der Waals surface area (Å²) in [6.45, 7) is 20.1. The molecule has 0 aliphatic carbocycles. The van der Waals surface area contributed by atoms with E-state index in [0.717, 1.165) is 30.6 Å². The number of Topliss-reactive ketones (excluding diaryl/α,β-unsaturated/α-hetero) is 1. The fourth-order valence-electron chi connectivity index (χ4n) is 5.04. The van der Waals surface area contributed by atoms with Crippen molar-refractivity contribution in [3.63, 3.8) is 0 Å². The van der Waals surface area contributed by atoms with Gasteiger partial charge in [-0.1, -0.05) is 89.6 Å². The van der Waals surface area contributed by atoms with Crippen molar-refractivity contribution in [2.45, 2.75) is 130 Å². The fraction of sp³-hybridized carbons (Fsp3) is 0.727. The Hall–Kier alpha value is -0.783. The van der Waals surface area contributed by atoms with Gasteiger partial charge >= 0.3 is 0 Å². The molecule has 1 aromatic carbocycles. The average molecular weight is 703 g/mol. The summed E-state index contributed by atoms with van der Waals surface area (Å²) in [5.41, 5.74) is 1.07. The van der Waals surface area contributed by atoms with Crippen LogP contribution in [0.25, 0.3) is 0 Å². The summed E-state index contributed by atoms with van der Waals surface area (Å²) < 4.78 is 26.3. The lowest BCUT2D eigenvalue weighted by Gasteiger charge is -2.44. The van der Waals surface area contributed by atoms with Crippen LogP contribution in [-0.4, -0.2) is 45.6 Å². The molecule has 7 atom stereocenters. The van der Waals surface area contributed by atoms with Crippen LogP contribution < -0.4 is 4.74 Å². The molecule has 0 unspecified atom stereocenters. The lowest BCUT2D eigenvalue weighted by atomic mass is 9.83. The molecule has 0 amide bonds. The molecule has 0 aromatic heterocycles. The molecule has 1 aromatic rings. The number of carbonyl (C=O) groups excluding carboxylic acids is 1. The van der Waals surface area contributed by atoms with Gasteiger partial charge in [0.15, 0.2) is 0 Å². The first kappa shape index (κ1) is 36.4. The zero-order chi connectivity index (χ0) is 30.8. The van der Waals surface area contributed by atoms with E-state index in [-0.39, 0.29) is 47.1 Å². The summed E-state index contributed by atoms with van der Waals surface area (Å²) >= 11 is 2.21. The minimum absolute atomic E-state index is 0.0216. The Kier molecular flexibility index (Phi) is 15.0. The quantitative estimate of drug-likeness (QED) is 0.0742. The number of ether oxygens (including phenoxy) is 3. The second kappa shape index (κ2) is 16.9. The highest BCUT2D eigenvalue weighted by Gasteiger charge is 2.44. The summed E-state index contributed by atoms with van der Waals surface area (Å²) in [6, 6.07) is 7.88. The van der Waals surface area contributed by atoms with Crippen LogP contribution in [0.2, 0.25) is 18.1 Å². The first-order valence-corrected chi connectivity index (χ1v) is 19.4. The SMILES string of the molecule is CCC[C@H]1O[C@@H]([C@@H](C)CC(=O)C[C@H](C)[C@@H](/C=C/I)OCc2ccc(OC)cc2)[C@@H](OO[Si](C)(C)C(C)(C)C)C[C@H]1C. The smallest absolute Gasteiger partial charge is 0.238 e. The van der Waals surface area contributed by atoms with Crippen LogP contribution in [0.1, 0.15) is 86.1 Å². The third kappa shape index (κ3) is 11.3. The fourth-order valence-corrected chi connectivity index (χ4v) is 6.07. The van der Waals surface area contributed by atoms with Gasteiger partial charge in [-0.25, -0.2) is 4.89 Å². The number of carbonyl (C=O) groups is 1. The number of rotatable bonds is 16. The Balaban J connectivity index is 2.04. The largest absolute Gasteiger partial charge is 0.497 e. The van der Waals surface area contributed by atoms with E-state index < -0.39 is 8.32 Å². The summed E-state index contributed by atoms with van der Waals surface area (Å²) in [5, 5.41) is 0.0461. The average Bonchev–Trinajstić information content (AvgIpc) is 2.90. The molecule has 0 N–H and O–H groups in total. The first-order chi connectivity index (χ1) is 19.2. The molecular formula is C33H55IO6Si. The van der Waals surface area contributed by atoms with Crippen LogP contribution in [-0.2, 0) is 30.3 Å². The van der Waals surface area contributed by atoms with Crippen molar-refractivity contribution in [3.05, 3.63) is 40.0 Å². The second-order valence-electron chi connectivity index (χ2n) is 13.5. The molecule has 41 heavy (non-hydrogen) atoms. The molecular weight excluding hydrogens is 647 g/mol. The van der Waals surface area contributed by atoms with Crippen molar-refractivity contribution < 1.29 is 28.5 Å². The van der Waals surface area contributed by atoms with Gasteiger partial charge in [-0.2, -0.15) is 0 Å². The number of halogens is 1. The Morgan fingerprint density at radius 3 is 2.39 bits per heavy atom. The van der Waals surface area contributed by atoms with E-state index in [4.69, 9.17) is 23.7 Å². The summed E-state index contributed by atoms with van der Waals surface area (Å²) in [4.78, 5) is 19.6. The van der Waals surface area contributed by atoms with E-state index in [1.807, 2.05) is 34.4 Å². The minimum Gasteiger partial charge on any atom is -0.497 e. The summed E-state index contributed by atoms with van der Waals surface area (Å²) in [7, 11) is -0.431. The zero-order valence-corrected chi connectivity index (χ0v) is 30.2. The molecule has 1 heterocycles. The van der Waals surface area contributed by atoms with Gasteiger partial charge < -0.3 is 14.2 Å². The van der Waals surface area contributed by atoms with Crippen LogP contribution in [0.5, 0.6) is 5.75 Å². The van der Waals surface area contributed by atoms with Gasteiger partial charge in [-0.3, -0.25) is 9.37 Å². The van der Waals surface area contributed by atoms with Crippen LogP contribution >= 0.6 is 22.6 Å². The molecule has 1 aliphatic heterocycles. The first-order valence-electron chi connectivity index (χ1n) is 15.2. The van der Waals surface area contributed by atoms with Gasteiger partial charge in [0.2, 0.25) is 8.32 Å². The molecule has 1 fully saturated rings. The van der Waals surface area contributed by atoms with Gasteiger partial charge in [0.05, 0.1) is 32.0 Å². The molecule has 1 saturated heterocycles. The van der Waals surface area contributed by atoms with E-state index in [1.165, 1.54) is 0 Å². The van der Waals surface area contributed by atoms with Crippen molar-refractivity contribution in [2.75, 3.05) is 7.11 Å². The van der Waals surface area contributed by atoms with Gasteiger partial charge in [-0.15, -0.1) is 0 Å². The maximum atomic E-state index is 13.4. The Bertz CT molecular complexity index is 944. The number of methoxy groups -OCH3 is 1. The van der Waals surface area contributed by atoms with Gasteiger partial charge in [0.25, 0.3) is 0 Å². The van der Waals surface area contributed by atoms with Crippen LogP contribution in [0.15, 0.2) is 34.4 Å². The molecule has 0 radical (unpaired) electrons. The number of hydrogen-bond acceptors (Lipinski definition) is 6. The van der Waals surface area contributed by atoms with Gasteiger partial charge in [-0.05, 0) is 76.6 Å². The Morgan fingerprint density at radius 2 is 1.83 bits per heavy atom. The maximum Gasteiger partial charge on any atom is 0.238 e. The molecule has 6 nitrogen and oxygen atoms in total. The molecule has 0 bridgehead atoms. The number of ketones is 1. The van der Waals surface area contributed by atoms with Crippen molar-refractivity contribution in [1.29, 1.82) is 0 Å². The third-order valence-corrected chi connectivity index (χ3v) is 13.3. The van der Waals surface area contributed by atoms with Crippen LogP contribution in [0, 0.1) is 17.8 Å². The minimum atomic E-state index is -2.09. The Morgan fingerprint density at radius 1 is 1.17 bits per heavy atom. The van der Waals surface area contributed by atoms with E-state index in [9.17, 15) is 4.79 Å². The van der Waals surface area contributed by atoms with Crippen molar-refractivity contribution in [2.24, 2.45) is 17.8 Å². The van der Waals surface area contributed by atoms with E-state index in [1.54, 1.807) is 7.11 Å². The highest BCUT2D eigenvalue weighted by Crippen LogP contribution is 2.39. The molecule has 8 heteroatoms. The summed E-state index contributed by atoms with van der Waals surface area (Å²) in [6.07, 6.45) is 5.56. The van der Waals surface area contributed by atoms with Crippen LogP contribution in [0.4, 0.5) is 0 Å². The summed E-state index contributed by atoms with van der Waals surface area (Å²) in [5.74, 6) is 1.50. The number of benzene rings is 1. The predicted molar refractivity (Wildman–Crippen MR) is 178 cm³/mol. The topological polar surface area (TPSA) is 63.2 Å². The molecule has 2 rings (SSSR count). The van der Waals surface area contributed by atoms with Crippen molar-refractivity contribution in [3.8, 4) is 5.75 Å². The molecule has 1 aliphatic rings. The van der Waals surface area contributed by atoms with E-state index >= 15 is 0 Å². The lowest BCUT2D eigenvalue weighted by Crippen LogP contribution is -2.50.